The van der Waals surface area contributed by atoms with Gasteiger partial charge in [0.2, 0.25) is 0 Å². The minimum atomic E-state index is -0.404. The van der Waals surface area contributed by atoms with E-state index in [1.807, 2.05) is 19.2 Å². The van der Waals surface area contributed by atoms with Crippen LogP contribution in [0.3, 0.4) is 0 Å². The van der Waals surface area contributed by atoms with Crippen molar-refractivity contribution in [2.75, 3.05) is 27.2 Å². The summed E-state index contributed by atoms with van der Waals surface area (Å²) in [6.45, 7) is 1.71. The molecule has 1 heterocycles. The highest BCUT2D eigenvalue weighted by atomic mass is 19.1. The largest absolute Gasteiger partial charge is 0.453 e. The lowest BCUT2D eigenvalue weighted by atomic mass is 9.88. The fourth-order valence-electron chi connectivity index (χ4n) is 2.63. The van der Waals surface area contributed by atoms with Crippen LogP contribution in [0.25, 0.3) is 0 Å². The Labute approximate surface area is 112 Å². The second-order valence-corrected chi connectivity index (χ2v) is 5.04. The maximum absolute atomic E-state index is 12.9. The number of benzene rings is 1. The molecule has 1 fully saturated rings. The fourth-order valence-corrected chi connectivity index (χ4v) is 2.63. The number of amides is 1. The Morgan fingerprint density at radius 2 is 2.05 bits per heavy atom. The summed E-state index contributed by atoms with van der Waals surface area (Å²) in [6.07, 6.45) is 0.434. The third-order valence-corrected chi connectivity index (χ3v) is 3.48. The monoisotopic (exact) mass is 266 g/mol. The van der Waals surface area contributed by atoms with Crippen LogP contribution in [0.2, 0.25) is 0 Å². The van der Waals surface area contributed by atoms with Crippen LogP contribution in [0.5, 0.6) is 0 Å². The number of carbonyl (C=O) groups is 1. The van der Waals surface area contributed by atoms with Crippen LogP contribution in [-0.2, 0) is 4.74 Å². The van der Waals surface area contributed by atoms with Gasteiger partial charge in [0.1, 0.15) is 5.82 Å². The lowest BCUT2D eigenvalue weighted by molar-refractivity contribution is 0.150. The molecule has 0 radical (unpaired) electrons. The summed E-state index contributed by atoms with van der Waals surface area (Å²) in [7, 11) is 3.38. The first kappa shape index (κ1) is 13.8. The van der Waals surface area contributed by atoms with Gasteiger partial charge in [-0.3, -0.25) is 0 Å². The average molecular weight is 266 g/mol. The first-order chi connectivity index (χ1) is 9.08. The number of halogens is 1. The fraction of sp³-hybridized carbons (Fsp3) is 0.500. The summed E-state index contributed by atoms with van der Waals surface area (Å²) in [5, 5.41) is 2.83. The third-order valence-electron chi connectivity index (χ3n) is 3.48. The molecule has 1 N–H and O–H groups in total. The Balaban J connectivity index is 2.05. The van der Waals surface area contributed by atoms with Gasteiger partial charge in [0.15, 0.2) is 0 Å². The van der Waals surface area contributed by atoms with Crippen molar-refractivity contribution in [3.8, 4) is 0 Å². The summed E-state index contributed by atoms with van der Waals surface area (Å²) in [5.41, 5.74) is 1.10. The predicted molar refractivity (Wildman–Crippen MR) is 70.6 cm³/mol. The maximum Gasteiger partial charge on any atom is 0.407 e. The van der Waals surface area contributed by atoms with Crippen LogP contribution in [0.15, 0.2) is 24.3 Å². The standard InChI is InChI=1S/C14H19FN2O2/c1-17-8-11(10-3-5-12(15)6-4-10)7-13(9-17)16-14(18)19-2/h3-6,11,13H,7-9H2,1-2H3,(H,16,18). The third kappa shape index (κ3) is 3.67. The summed E-state index contributed by atoms with van der Waals surface area (Å²) in [4.78, 5) is 13.4. The molecule has 0 bridgehead atoms. The Morgan fingerprint density at radius 3 is 2.68 bits per heavy atom. The molecule has 1 aromatic rings. The Bertz CT molecular complexity index is 436. The van der Waals surface area contributed by atoms with Gasteiger partial charge in [-0.1, -0.05) is 12.1 Å². The maximum atomic E-state index is 12.9. The van der Waals surface area contributed by atoms with Gasteiger partial charge in [0, 0.05) is 19.1 Å². The van der Waals surface area contributed by atoms with Crippen LogP contribution in [0.4, 0.5) is 9.18 Å². The molecule has 19 heavy (non-hydrogen) atoms. The smallest absolute Gasteiger partial charge is 0.407 e. The SMILES string of the molecule is COC(=O)NC1CC(c2ccc(F)cc2)CN(C)C1. The van der Waals surface area contributed by atoms with Gasteiger partial charge in [-0.15, -0.1) is 0 Å². The number of rotatable bonds is 2. The molecule has 0 saturated carbocycles. The van der Waals surface area contributed by atoms with E-state index in [9.17, 15) is 9.18 Å². The lowest BCUT2D eigenvalue weighted by Crippen LogP contribution is -2.48. The first-order valence-electron chi connectivity index (χ1n) is 6.37. The number of carbonyl (C=O) groups excluding carboxylic acids is 1. The number of ether oxygens (including phenoxy) is 1. The zero-order valence-corrected chi connectivity index (χ0v) is 11.2. The highest BCUT2D eigenvalue weighted by molar-refractivity contribution is 5.67. The first-order valence-corrected chi connectivity index (χ1v) is 6.37. The van der Waals surface area contributed by atoms with E-state index in [2.05, 4.69) is 15.0 Å². The summed E-state index contributed by atoms with van der Waals surface area (Å²) in [6, 6.07) is 6.64. The number of methoxy groups -OCH3 is 1. The normalized spacial score (nSPS) is 23.9. The zero-order chi connectivity index (χ0) is 13.8. The van der Waals surface area contributed by atoms with Crippen molar-refractivity contribution in [3.63, 3.8) is 0 Å². The molecule has 2 atom stereocenters. The molecule has 1 aliphatic rings. The number of likely N-dealkylation sites (tertiary alicyclic amines) is 1. The molecule has 1 aromatic carbocycles. The van der Waals surface area contributed by atoms with E-state index < -0.39 is 6.09 Å². The van der Waals surface area contributed by atoms with Crippen molar-refractivity contribution in [1.82, 2.24) is 10.2 Å². The molecular weight excluding hydrogens is 247 g/mol. The zero-order valence-electron chi connectivity index (χ0n) is 11.2. The number of hydrogen-bond acceptors (Lipinski definition) is 3. The second kappa shape index (κ2) is 6.02. The summed E-state index contributed by atoms with van der Waals surface area (Å²) >= 11 is 0. The summed E-state index contributed by atoms with van der Waals surface area (Å²) in [5.74, 6) is 0.0682. The van der Waals surface area contributed by atoms with E-state index in [1.54, 1.807) is 0 Å². The number of piperidine rings is 1. The molecule has 1 amide bonds. The summed E-state index contributed by atoms with van der Waals surface area (Å²) < 4.78 is 17.6. The van der Waals surface area contributed by atoms with Crippen LogP contribution in [0, 0.1) is 5.82 Å². The quantitative estimate of drug-likeness (QED) is 0.890. The molecule has 2 unspecified atom stereocenters. The van der Waals surface area contributed by atoms with Crippen molar-refractivity contribution < 1.29 is 13.9 Å². The van der Waals surface area contributed by atoms with Crippen molar-refractivity contribution in [2.24, 2.45) is 0 Å². The highest BCUT2D eigenvalue weighted by Crippen LogP contribution is 2.26. The van der Waals surface area contributed by atoms with Gasteiger partial charge in [-0.25, -0.2) is 9.18 Å². The van der Waals surface area contributed by atoms with Crippen molar-refractivity contribution in [2.45, 2.75) is 18.4 Å². The molecule has 104 valence electrons. The molecule has 0 aromatic heterocycles. The number of hydrogen-bond donors (Lipinski definition) is 1. The number of likely N-dealkylation sites (N-methyl/N-ethyl adjacent to an activating group) is 1. The van der Waals surface area contributed by atoms with Gasteiger partial charge in [0.25, 0.3) is 0 Å². The molecule has 5 heteroatoms. The number of alkyl carbamates (subject to hydrolysis) is 1. The molecule has 4 nitrogen and oxygen atoms in total. The van der Waals surface area contributed by atoms with E-state index in [0.717, 1.165) is 25.1 Å². The van der Waals surface area contributed by atoms with E-state index in [0.29, 0.717) is 5.92 Å². The van der Waals surface area contributed by atoms with Gasteiger partial charge < -0.3 is 15.0 Å². The van der Waals surface area contributed by atoms with Crippen LogP contribution in [-0.4, -0.2) is 44.3 Å². The molecule has 0 spiro atoms. The van der Waals surface area contributed by atoms with Gasteiger partial charge in [-0.2, -0.15) is 0 Å². The number of nitrogens with zero attached hydrogens (tertiary/aromatic N) is 1. The van der Waals surface area contributed by atoms with Crippen molar-refractivity contribution >= 4 is 6.09 Å². The lowest BCUT2D eigenvalue weighted by Gasteiger charge is -2.36. The Hall–Kier alpha value is -1.62. The topological polar surface area (TPSA) is 41.6 Å². The van der Waals surface area contributed by atoms with Crippen molar-refractivity contribution in [3.05, 3.63) is 35.6 Å². The molecule has 1 aliphatic heterocycles. The van der Waals surface area contributed by atoms with E-state index in [4.69, 9.17) is 0 Å². The molecular formula is C14H19FN2O2. The van der Waals surface area contributed by atoms with Gasteiger partial charge in [0.05, 0.1) is 7.11 Å². The Morgan fingerprint density at radius 1 is 1.37 bits per heavy atom. The minimum Gasteiger partial charge on any atom is -0.453 e. The van der Waals surface area contributed by atoms with Crippen molar-refractivity contribution in [1.29, 1.82) is 0 Å². The molecule has 1 saturated heterocycles. The van der Waals surface area contributed by atoms with Gasteiger partial charge in [-0.05, 0) is 37.1 Å². The van der Waals surface area contributed by atoms with E-state index in [-0.39, 0.29) is 11.9 Å². The highest BCUT2D eigenvalue weighted by Gasteiger charge is 2.27. The van der Waals surface area contributed by atoms with E-state index >= 15 is 0 Å². The minimum absolute atomic E-state index is 0.0567. The molecule has 0 aliphatic carbocycles. The van der Waals surface area contributed by atoms with Crippen LogP contribution < -0.4 is 5.32 Å². The van der Waals surface area contributed by atoms with Gasteiger partial charge >= 0.3 is 6.09 Å². The van der Waals surface area contributed by atoms with Crippen LogP contribution in [0.1, 0.15) is 17.9 Å². The average Bonchev–Trinajstić information content (AvgIpc) is 2.38. The molecule has 2 rings (SSSR count). The predicted octanol–water partition coefficient (Wildman–Crippen LogP) is 1.97. The van der Waals surface area contributed by atoms with Crippen LogP contribution >= 0.6 is 0 Å². The van der Waals surface area contributed by atoms with E-state index in [1.165, 1.54) is 19.2 Å². The Kier molecular flexibility index (Phi) is 4.37. The second-order valence-electron chi connectivity index (χ2n) is 5.04. The number of nitrogens with one attached hydrogen (secondary N) is 1.